The molecule has 19 heteroatoms. The SMILES string of the molecule is CCCCCC(=O)OCCC(F)(F)C(F)(F)C(F)(F)C(F)(F)C(F)(F)C(F)(F)C(F)(F)C(F)(F)F. The van der Waals surface area contributed by atoms with E-state index < -0.39 is 73.1 Å². The second-order valence-electron chi connectivity index (χ2n) is 7.08. The molecule has 35 heavy (non-hydrogen) atoms. The van der Waals surface area contributed by atoms with E-state index in [2.05, 4.69) is 4.74 Å². The Labute approximate surface area is 184 Å². The van der Waals surface area contributed by atoms with Crippen LogP contribution in [0.15, 0.2) is 0 Å². The fourth-order valence-electron chi connectivity index (χ4n) is 2.24. The number of halogens is 17. The maximum absolute atomic E-state index is 13.6. The smallest absolute Gasteiger partial charge is 0.460 e. The van der Waals surface area contributed by atoms with Crippen LogP contribution in [0.3, 0.4) is 0 Å². The minimum atomic E-state index is -8.66. The average molecular weight is 562 g/mol. The first-order chi connectivity index (χ1) is 15.2. The monoisotopic (exact) mass is 562 g/mol. The Morgan fingerprint density at radius 3 is 1.31 bits per heavy atom. The first-order valence-electron chi connectivity index (χ1n) is 9.07. The van der Waals surface area contributed by atoms with Crippen LogP contribution in [0, 0.1) is 0 Å². The summed E-state index contributed by atoms with van der Waals surface area (Å²) in [5, 5.41) is 0. The summed E-state index contributed by atoms with van der Waals surface area (Å²) in [7, 11) is 0. The van der Waals surface area contributed by atoms with Gasteiger partial charge in [-0.1, -0.05) is 19.8 Å². The molecule has 0 aromatic heterocycles. The first kappa shape index (κ1) is 33.3. The summed E-state index contributed by atoms with van der Waals surface area (Å²) < 4.78 is 226. The molecule has 0 atom stereocenters. The Morgan fingerprint density at radius 2 is 0.943 bits per heavy atom. The topological polar surface area (TPSA) is 26.3 Å². The predicted octanol–water partition coefficient (Wildman–Crippen LogP) is 7.51. The Morgan fingerprint density at radius 1 is 0.571 bits per heavy atom. The minimum Gasteiger partial charge on any atom is -0.465 e. The van der Waals surface area contributed by atoms with Crippen LogP contribution in [-0.4, -0.2) is 60.2 Å². The summed E-state index contributed by atoms with van der Waals surface area (Å²) in [5.41, 5.74) is 0. The molecule has 0 saturated heterocycles. The van der Waals surface area contributed by atoms with Crippen LogP contribution in [0.2, 0.25) is 0 Å². The normalized spacial score (nSPS) is 15.4. The van der Waals surface area contributed by atoms with Crippen LogP contribution >= 0.6 is 0 Å². The van der Waals surface area contributed by atoms with Crippen molar-refractivity contribution in [3.8, 4) is 0 Å². The molecule has 210 valence electrons. The number of hydrogen-bond donors (Lipinski definition) is 0. The van der Waals surface area contributed by atoms with Gasteiger partial charge in [-0.25, -0.2) is 0 Å². The summed E-state index contributed by atoms with van der Waals surface area (Å²) in [6.07, 6.45) is -10.1. The Balaban J connectivity index is 6.06. The van der Waals surface area contributed by atoms with Crippen molar-refractivity contribution in [2.24, 2.45) is 0 Å². The van der Waals surface area contributed by atoms with E-state index in [-0.39, 0.29) is 6.42 Å². The van der Waals surface area contributed by atoms with Crippen molar-refractivity contribution >= 4 is 5.97 Å². The summed E-state index contributed by atoms with van der Waals surface area (Å²) >= 11 is 0. The van der Waals surface area contributed by atoms with Crippen molar-refractivity contribution in [2.45, 2.75) is 86.7 Å². The van der Waals surface area contributed by atoms with Crippen molar-refractivity contribution in [1.82, 2.24) is 0 Å². The molecule has 2 nitrogen and oxygen atoms in total. The van der Waals surface area contributed by atoms with Gasteiger partial charge in [0, 0.05) is 6.42 Å². The highest BCUT2D eigenvalue weighted by molar-refractivity contribution is 5.69. The van der Waals surface area contributed by atoms with Gasteiger partial charge in [-0.2, -0.15) is 74.6 Å². The van der Waals surface area contributed by atoms with Crippen LogP contribution in [-0.2, 0) is 9.53 Å². The maximum atomic E-state index is 13.6. The summed E-state index contributed by atoms with van der Waals surface area (Å²) in [4.78, 5) is 11.2. The molecule has 0 aromatic carbocycles. The van der Waals surface area contributed by atoms with Gasteiger partial charge in [-0.3, -0.25) is 4.79 Å². The van der Waals surface area contributed by atoms with Crippen LogP contribution in [0.1, 0.15) is 39.0 Å². The van der Waals surface area contributed by atoms with Crippen molar-refractivity contribution in [3.05, 3.63) is 0 Å². The lowest BCUT2D eigenvalue weighted by Gasteiger charge is -2.42. The molecular formula is C16H15F17O2. The van der Waals surface area contributed by atoms with Gasteiger partial charge in [0.1, 0.15) is 0 Å². The second-order valence-corrected chi connectivity index (χ2v) is 7.08. The molecule has 0 bridgehead atoms. The highest BCUT2D eigenvalue weighted by Gasteiger charge is 2.95. The highest BCUT2D eigenvalue weighted by atomic mass is 19.4. The number of hydrogen-bond acceptors (Lipinski definition) is 2. The predicted molar refractivity (Wildman–Crippen MR) is 80.4 cm³/mol. The van der Waals surface area contributed by atoms with Gasteiger partial charge in [0.25, 0.3) is 0 Å². The van der Waals surface area contributed by atoms with Crippen molar-refractivity contribution in [2.75, 3.05) is 6.61 Å². The number of rotatable bonds is 13. The van der Waals surface area contributed by atoms with Crippen LogP contribution in [0.4, 0.5) is 74.6 Å². The third kappa shape index (κ3) is 5.51. The highest BCUT2D eigenvalue weighted by Crippen LogP contribution is 2.64. The minimum absolute atomic E-state index is 0.0814. The summed E-state index contributed by atoms with van der Waals surface area (Å²) in [5.74, 6) is -58.0. The lowest BCUT2D eigenvalue weighted by Crippen LogP contribution is -2.74. The van der Waals surface area contributed by atoms with Crippen LogP contribution < -0.4 is 0 Å². The van der Waals surface area contributed by atoms with Crippen molar-refractivity contribution in [1.29, 1.82) is 0 Å². The molecule has 0 aliphatic carbocycles. The quantitative estimate of drug-likeness (QED) is 0.132. The van der Waals surface area contributed by atoms with Crippen LogP contribution in [0.5, 0.6) is 0 Å². The number of alkyl halides is 17. The van der Waals surface area contributed by atoms with E-state index in [4.69, 9.17) is 0 Å². The Kier molecular flexibility index (Phi) is 9.48. The molecule has 0 aliphatic heterocycles. The average Bonchev–Trinajstić information content (AvgIpc) is 2.66. The zero-order valence-corrected chi connectivity index (χ0v) is 17.0. The van der Waals surface area contributed by atoms with Gasteiger partial charge < -0.3 is 4.74 Å². The van der Waals surface area contributed by atoms with E-state index in [0.717, 1.165) is 0 Å². The number of carbonyl (C=O) groups is 1. The standard InChI is InChI=1S/C16H15F17O2/c1-2-3-4-5-8(34)35-7-6-9(17,18)10(19,20)11(21,22)12(23,24)13(25,26)14(27,28)15(29,30)16(31,32)33/h2-7H2,1H3. The largest absolute Gasteiger partial charge is 0.465 e. The fourth-order valence-corrected chi connectivity index (χ4v) is 2.24. The number of esters is 1. The second kappa shape index (κ2) is 9.97. The van der Waals surface area contributed by atoms with Gasteiger partial charge in [-0.15, -0.1) is 0 Å². The van der Waals surface area contributed by atoms with E-state index in [0.29, 0.717) is 12.8 Å². The molecule has 0 heterocycles. The molecule has 0 amide bonds. The fraction of sp³-hybridized carbons (Fsp3) is 0.938. The molecular weight excluding hydrogens is 547 g/mol. The first-order valence-corrected chi connectivity index (χ1v) is 9.07. The van der Waals surface area contributed by atoms with E-state index in [1.165, 1.54) is 0 Å². The zero-order valence-electron chi connectivity index (χ0n) is 17.0. The van der Waals surface area contributed by atoms with Crippen molar-refractivity contribution < 1.29 is 84.2 Å². The molecule has 0 aliphatic rings. The van der Waals surface area contributed by atoms with Gasteiger partial charge >= 0.3 is 53.6 Å². The molecule has 0 unspecified atom stereocenters. The van der Waals surface area contributed by atoms with E-state index in [9.17, 15) is 79.4 Å². The molecule has 0 N–H and O–H groups in total. The summed E-state index contributed by atoms with van der Waals surface area (Å²) in [6.45, 7) is -0.262. The molecule has 0 fully saturated rings. The van der Waals surface area contributed by atoms with E-state index in [1.54, 1.807) is 6.92 Å². The molecule has 0 saturated carbocycles. The third-order valence-corrected chi connectivity index (χ3v) is 4.45. The van der Waals surface area contributed by atoms with Gasteiger partial charge in [0.2, 0.25) is 0 Å². The molecule has 0 aromatic rings. The number of unbranched alkanes of at least 4 members (excludes halogenated alkanes) is 2. The zero-order chi connectivity index (χ0) is 28.5. The summed E-state index contributed by atoms with van der Waals surface area (Å²) in [6, 6.07) is 0. The Hall–Kier alpha value is -1.72. The third-order valence-electron chi connectivity index (χ3n) is 4.45. The number of ether oxygens (including phenoxy) is 1. The lowest BCUT2D eigenvalue weighted by molar-refractivity contribution is -0.461. The molecule has 0 spiro atoms. The lowest BCUT2D eigenvalue weighted by atomic mass is 9.88. The van der Waals surface area contributed by atoms with Gasteiger partial charge in [-0.05, 0) is 6.42 Å². The van der Waals surface area contributed by atoms with Crippen molar-refractivity contribution in [3.63, 3.8) is 0 Å². The molecule has 0 radical (unpaired) electrons. The Bertz CT molecular complexity index is 726. The van der Waals surface area contributed by atoms with E-state index in [1.807, 2.05) is 0 Å². The van der Waals surface area contributed by atoms with Gasteiger partial charge in [0.15, 0.2) is 0 Å². The van der Waals surface area contributed by atoms with E-state index >= 15 is 0 Å². The van der Waals surface area contributed by atoms with Crippen LogP contribution in [0.25, 0.3) is 0 Å². The van der Waals surface area contributed by atoms with Gasteiger partial charge in [0.05, 0.1) is 13.0 Å². The molecule has 0 rings (SSSR count). The maximum Gasteiger partial charge on any atom is 0.460 e. The number of carbonyl (C=O) groups excluding carboxylic acids is 1.